The summed E-state index contributed by atoms with van der Waals surface area (Å²) in [4.78, 5) is 0. The highest BCUT2D eigenvalue weighted by atomic mass is 31.1. The van der Waals surface area contributed by atoms with E-state index in [2.05, 4.69) is 38.6 Å². The van der Waals surface area contributed by atoms with Crippen LogP contribution in [-0.2, 0) is 0 Å². The van der Waals surface area contributed by atoms with Crippen molar-refractivity contribution in [2.24, 2.45) is 0 Å². The number of hydrogen-bond donors (Lipinski definition) is 0. The van der Waals surface area contributed by atoms with E-state index in [0.29, 0.717) is 0 Å². The van der Waals surface area contributed by atoms with Crippen molar-refractivity contribution >= 4 is 15.8 Å². The average Bonchev–Trinajstić information content (AvgIpc) is 2.02. The summed E-state index contributed by atoms with van der Waals surface area (Å²) in [5.41, 5.74) is 0. The maximum absolute atomic E-state index is 3.77. The zero-order valence-electron chi connectivity index (χ0n) is 8.29. The fraction of sp³-hybridized carbons (Fsp3) is 0.600. The molecule has 0 fully saturated rings. The minimum Gasteiger partial charge on any atom is -0.106 e. The summed E-state index contributed by atoms with van der Waals surface area (Å²) in [6.07, 6.45) is 9.39. The largest absolute Gasteiger partial charge is 0.106 e. The molecule has 2 heteroatoms. The van der Waals surface area contributed by atoms with Crippen LogP contribution in [-0.4, -0.2) is 38.0 Å². The van der Waals surface area contributed by atoms with Crippen LogP contribution in [0.4, 0.5) is 0 Å². The normalized spacial score (nSPS) is 15.2. The van der Waals surface area contributed by atoms with Gasteiger partial charge >= 0.3 is 0 Å². The van der Waals surface area contributed by atoms with Crippen molar-refractivity contribution < 1.29 is 0 Å². The van der Waals surface area contributed by atoms with Crippen LogP contribution in [0.15, 0.2) is 25.3 Å². The molecule has 0 N–H and O–H groups in total. The maximum Gasteiger partial charge on any atom is -0.0150 e. The summed E-state index contributed by atoms with van der Waals surface area (Å²) in [5, 5.41) is 0. The first kappa shape index (κ1) is 12.3. The van der Waals surface area contributed by atoms with Gasteiger partial charge in [-0.15, -0.1) is 29.0 Å². The molecule has 0 aromatic rings. The Labute approximate surface area is 79.6 Å². The van der Waals surface area contributed by atoms with Crippen molar-refractivity contribution in [3.8, 4) is 0 Å². The summed E-state index contributed by atoms with van der Waals surface area (Å²) >= 11 is 0. The average molecular weight is 202 g/mol. The van der Waals surface area contributed by atoms with Crippen molar-refractivity contribution in [3.05, 3.63) is 25.3 Å². The molecular weight excluding hydrogens is 182 g/mol. The maximum atomic E-state index is 3.77. The lowest BCUT2D eigenvalue weighted by atomic mass is 10.8. The van der Waals surface area contributed by atoms with E-state index < -0.39 is 0 Å². The lowest BCUT2D eigenvalue weighted by molar-refractivity contribution is 1.46. The molecule has 0 bridgehead atoms. The van der Waals surface area contributed by atoms with Gasteiger partial charge in [0.15, 0.2) is 0 Å². The fourth-order valence-electron chi connectivity index (χ4n) is 0.965. The summed E-state index contributed by atoms with van der Waals surface area (Å²) in [6, 6.07) is 0. The van der Waals surface area contributed by atoms with Gasteiger partial charge in [-0.05, 0) is 38.0 Å². The quantitative estimate of drug-likeness (QED) is 0.437. The van der Waals surface area contributed by atoms with Crippen molar-refractivity contribution in [3.63, 3.8) is 0 Å². The molecule has 0 aliphatic carbocycles. The molecule has 12 heavy (non-hydrogen) atoms. The predicted octanol–water partition coefficient (Wildman–Crippen LogP) is 3.58. The molecule has 0 spiro atoms. The van der Waals surface area contributed by atoms with Gasteiger partial charge < -0.3 is 0 Å². The van der Waals surface area contributed by atoms with E-state index in [1.807, 2.05) is 0 Å². The summed E-state index contributed by atoms with van der Waals surface area (Å²) in [6.45, 7) is 12.3. The molecule has 0 aliphatic rings. The molecule has 70 valence electrons. The van der Waals surface area contributed by atoms with Gasteiger partial charge in [-0.25, -0.2) is 0 Å². The predicted molar refractivity (Wildman–Crippen MR) is 65.6 cm³/mol. The zero-order valence-corrected chi connectivity index (χ0v) is 10.1. The summed E-state index contributed by atoms with van der Waals surface area (Å²) in [7, 11) is 0.480. The molecule has 0 rings (SSSR count). The first-order valence-electron chi connectivity index (χ1n) is 4.29. The van der Waals surface area contributed by atoms with Crippen molar-refractivity contribution in [2.75, 3.05) is 38.0 Å². The third kappa shape index (κ3) is 7.01. The molecule has 0 amide bonds. The number of rotatable bonds is 7. The Kier molecular flexibility index (Phi) is 8.19. The van der Waals surface area contributed by atoms with Crippen LogP contribution in [0, 0.1) is 0 Å². The molecule has 0 saturated heterocycles. The molecule has 2 unspecified atom stereocenters. The standard InChI is InChI=1S/C10H20P2/c1-5-7-11(3)9-10-12(4)8-6-2/h5-6H,1-2,7-10H2,3-4H3. The Hall–Kier alpha value is 0.340. The second-order valence-electron chi connectivity index (χ2n) is 3.10. The van der Waals surface area contributed by atoms with Crippen LogP contribution >= 0.6 is 15.8 Å². The van der Waals surface area contributed by atoms with Crippen molar-refractivity contribution in [2.45, 2.75) is 0 Å². The second kappa shape index (κ2) is 7.96. The van der Waals surface area contributed by atoms with Gasteiger partial charge in [0.25, 0.3) is 0 Å². The van der Waals surface area contributed by atoms with Crippen molar-refractivity contribution in [1.82, 2.24) is 0 Å². The van der Waals surface area contributed by atoms with Crippen LogP contribution in [0.5, 0.6) is 0 Å². The van der Waals surface area contributed by atoms with Gasteiger partial charge in [0.05, 0.1) is 0 Å². The number of hydrogen-bond acceptors (Lipinski definition) is 0. The van der Waals surface area contributed by atoms with Gasteiger partial charge in [0, 0.05) is 0 Å². The van der Waals surface area contributed by atoms with E-state index in [9.17, 15) is 0 Å². The zero-order chi connectivity index (χ0) is 9.40. The highest BCUT2D eigenvalue weighted by molar-refractivity contribution is 7.61. The molecule has 0 radical (unpaired) electrons. The molecule has 0 nitrogen and oxygen atoms in total. The molecule has 0 aromatic heterocycles. The van der Waals surface area contributed by atoms with Crippen molar-refractivity contribution in [1.29, 1.82) is 0 Å². The topological polar surface area (TPSA) is 0 Å². The molecule has 2 atom stereocenters. The fourth-order valence-corrected chi connectivity index (χ4v) is 4.94. The van der Waals surface area contributed by atoms with E-state index in [4.69, 9.17) is 0 Å². The third-order valence-corrected chi connectivity index (χ3v) is 5.83. The van der Waals surface area contributed by atoms with Gasteiger partial charge in [0.1, 0.15) is 0 Å². The minimum atomic E-state index is 0.240. The van der Waals surface area contributed by atoms with Crippen LogP contribution in [0.2, 0.25) is 0 Å². The summed E-state index contributed by atoms with van der Waals surface area (Å²) < 4.78 is 0. The Balaban J connectivity index is 3.38. The Morgan fingerprint density at radius 3 is 1.50 bits per heavy atom. The lowest BCUT2D eigenvalue weighted by Gasteiger charge is -2.13. The molecule has 0 saturated carbocycles. The van der Waals surface area contributed by atoms with Crippen LogP contribution in [0.1, 0.15) is 0 Å². The van der Waals surface area contributed by atoms with Crippen LogP contribution < -0.4 is 0 Å². The molecule has 0 heterocycles. The van der Waals surface area contributed by atoms with Crippen LogP contribution in [0.25, 0.3) is 0 Å². The van der Waals surface area contributed by atoms with Gasteiger partial charge in [0.2, 0.25) is 0 Å². The van der Waals surface area contributed by atoms with E-state index in [1.54, 1.807) is 0 Å². The SMILES string of the molecule is C=CCP(C)CCP(C)CC=C. The van der Waals surface area contributed by atoms with E-state index >= 15 is 0 Å². The highest BCUT2D eigenvalue weighted by Crippen LogP contribution is 2.37. The number of allylic oxidation sites excluding steroid dienone is 2. The first-order valence-corrected chi connectivity index (χ1v) is 8.61. The lowest BCUT2D eigenvalue weighted by Crippen LogP contribution is -1.93. The van der Waals surface area contributed by atoms with Gasteiger partial charge in [-0.2, -0.15) is 0 Å². The Morgan fingerprint density at radius 1 is 0.917 bits per heavy atom. The monoisotopic (exact) mass is 202 g/mol. The van der Waals surface area contributed by atoms with Crippen LogP contribution in [0.3, 0.4) is 0 Å². The Morgan fingerprint density at radius 2 is 1.25 bits per heavy atom. The molecular formula is C10H20P2. The molecule has 0 aromatic carbocycles. The highest BCUT2D eigenvalue weighted by Gasteiger charge is 2.02. The molecule has 0 aliphatic heterocycles. The first-order chi connectivity index (χ1) is 5.70. The third-order valence-electron chi connectivity index (χ3n) is 1.74. The summed E-state index contributed by atoms with van der Waals surface area (Å²) in [5.74, 6) is 0. The van der Waals surface area contributed by atoms with E-state index in [-0.39, 0.29) is 15.8 Å². The van der Waals surface area contributed by atoms with E-state index in [0.717, 1.165) is 0 Å². The van der Waals surface area contributed by atoms with Gasteiger partial charge in [-0.1, -0.05) is 12.2 Å². The second-order valence-corrected chi connectivity index (χ2v) is 8.15. The Bertz CT molecular complexity index is 116. The van der Waals surface area contributed by atoms with E-state index in [1.165, 1.54) is 24.6 Å². The smallest absolute Gasteiger partial charge is 0.0150 e. The minimum absolute atomic E-state index is 0.240. The van der Waals surface area contributed by atoms with Gasteiger partial charge in [-0.3, -0.25) is 0 Å².